The zero-order valence-corrected chi connectivity index (χ0v) is 13.7. The van der Waals surface area contributed by atoms with E-state index in [0.29, 0.717) is 23.4 Å². The molecule has 4 nitrogen and oxygen atoms in total. The summed E-state index contributed by atoms with van der Waals surface area (Å²) in [7, 11) is 0. The van der Waals surface area contributed by atoms with Crippen molar-refractivity contribution in [2.45, 2.75) is 19.3 Å². The Morgan fingerprint density at radius 2 is 1.48 bits per heavy atom. The summed E-state index contributed by atoms with van der Waals surface area (Å²) in [5, 5.41) is 4.00. The van der Waals surface area contributed by atoms with Crippen LogP contribution in [0.25, 0.3) is 17.1 Å². The Kier molecular flexibility index (Phi) is 4.37. The van der Waals surface area contributed by atoms with E-state index in [9.17, 15) is 26.3 Å². The molecule has 27 heavy (non-hydrogen) atoms. The normalized spacial score (nSPS) is 12.4. The van der Waals surface area contributed by atoms with Gasteiger partial charge in [0.05, 0.1) is 16.8 Å². The van der Waals surface area contributed by atoms with Gasteiger partial charge in [0.1, 0.15) is 6.33 Å². The van der Waals surface area contributed by atoms with Crippen LogP contribution in [0.3, 0.4) is 0 Å². The molecule has 0 aliphatic rings. The lowest BCUT2D eigenvalue weighted by atomic mass is 10.1. The van der Waals surface area contributed by atoms with Crippen molar-refractivity contribution in [3.8, 4) is 17.1 Å². The molecule has 0 saturated heterocycles. The molecule has 0 aliphatic heterocycles. The second-order valence-electron chi connectivity index (χ2n) is 5.85. The third-order valence-corrected chi connectivity index (χ3v) is 3.86. The SMILES string of the molecule is Cc1cc(-c2ncn(-c3cc(C(F)(F)F)cc(C(F)(F)F)c3)n2)ccc1N. The van der Waals surface area contributed by atoms with Crippen molar-refractivity contribution >= 4 is 5.69 Å². The van der Waals surface area contributed by atoms with Crippen molar-refractivity contribution in [2.24, 2.45) is 0 Å². The van der Waals surface area contributed by atoms with E-state index in [1.54, 1.807) is 25.1 Å². The van der Waals surface area contributed by atoms with Gasteiger partial charge in [0, 0.05) is 11.3 Å². The molecule has 0 saturated carbocycles. The van der Waals surface area contributed by atoms with Gasteiger partial charge in [0.25, 0.3) is 0 Å². The number of hydrogen-bond acceptors (Lipinski definition) is 3. The van der Waals surface area contributed by atoms with E-state index in [1.165, 1.54) is 0 Å². The molecular weight excluding hydrogens is 374 g/mol. The summed E-state index contributed by atoms with van der Waals surface area (Å²) in [6.45, 7) is 1.75. The van der Waals surface area contributed by atoms with E-state index < -0.39 is 29.2 Å². The van der Waals surface area contributed by atoms with Gasteiger partial charge in [-0.1, -0.05) is 0 Å². The fraction of sp³-hybridized carbons (Fsp3) is 0.176. The summed E-state index contributed by atoms with van der Waals surface area (Å²) >= 11 is 0. The molecule has 0 fully saturated rings. The molecule has 0 amide bonds. The third kappa shape index (κ3) is 3.88. The molecular formula is C17H12F6N4. The van der Waals surface area contributed by atoms with Crippen LogP contribution < -0.4 is 5.73 Å². The smallest absolute Gasteiger partial charge is 0.399 e. The number of benzene rings is 2. The lowest BCUT2D eigenvalue weighted by Gasteiger charge is -2.13. The van der Waals surface area contributed by atoms with E-state index in [0.717, 1.165) is 16.6 Å². The average Bonchev–Trinajstić information content (AvgIpc) is 3.05. The van der Waals surface area contributed by atoms with Crippen LogP contribution in [-0.4, -0.2) is 14.8 Å². The highest BCUT2D eigenvalue weighted by atomic mass is 19.4. The van der Waals surface area contributed by atoms with Gasteiger partial charge in [-0.2, -0.15) is 26.3 Å². The minimum Gasteiger partial charge on any atom is -0.399 e. The first kappa shape index (κ1) is 18.7. The van der Waals surface area contributed by atoms with E-state index in [2.05, 4.69) is 10.1 Å². The predicted molar refractivity (Wildman–Crippen MR) is 85.9 cm³/mol. The first-order valence-electron chi connectivity index (χ1n) is 7.53. The first-order valence-corrected chi connectivity index (χ1v) is 7.53. The quantitative estimate of drug-likeness (QED) is 0.505. The van der Waals surface area contributed by atoms with Crippen molar-refractivity contribution in [3.05, 3.63) is 59.4 Å². The van der Waals surface area contributed by atoms with Crippen molar-refractivity contribution < 1.29 is 26.3 Å². The monoisotopic (exact) mass is 386 g/mol. The van der Waals surface area contributed by atoms with Crippen LogP contribution >= 0.6 is 0 Å². The van der Waals surface area contributed by atoms with Crippen LogP contribution in [0.1, 0.15) is 16.7 Å². The fourth-order valence-corrected chi connectivity index (χ4v) is 2.41. The summed E-state index contributed by atoms with van der Waals surface area (Å²) < 4.78 is 78.7. The minimum absolute atomic E-state index is 0.0602. The second kappa shape index (κ2) is 6.29. The van der Waals surface area contributed by atoms with Gasteiger partial charge in [-0.25, -0.2) is 9.67 Å². The molecule has 0 unspecified atom stereocenters. The Bertz CT molecular complexity index is 956. The summed E-state index contributed by atoms with van der Waals surface area (Å²) in [6, 6.07) is 6.11. The summed E-state index contributed by atoms with van der Waals surface area (Å²) in [5.74, 6) is 0.143. The Hall–Kier alpha value is -3.04. The molecule has 10 heteroatoms. The number of nitrogens with zero attached hydrogens (tertiary/aromatic N) is 3. The Morgan fingerprint density at radius 3 is 2.00 bits per heavy atom. The van der Waals surface area contributed by atoms with E-state index in [4.69, 9.17) is 5.73 Å². The number of rotatable bonds is 2. The van der Waals surface area contributed by atoms with Crippen molar-refractivity contribution in [2.75, 3.05) is 5.73 Å². The van der Waals surface area contributed by atoms with Crippen LogP contribution in [-0.2, 0) is 12.4 Å². The van der Waals surface area contributed by atoms with Gasteiger partial charge >= 0.3 is 12.4 Å². The number of alkyl halides is 6. The van der Waals surface area contributed by atoms with Gasteiger partial charge in [-0.05, 0) is 48.9 Å². The largest absolute Gasteiger partial charge is 0.416 e. The van der Waals surface area contributed by atoms with Crippen LogP contribution in [0, 0.1) is 6.92 Å². The highest BCUT2D eigenvalue weighted by molar-refractivity contribution is 5.61. The highest BCUT2D eigenvalue weighted by Gasteiger charge is 2.37. The second-order valence-corrected chi connectivity index (χ2v) is 5.85. The molecule has 1 aromatic heterocycles. The highest BCUT2D eigenvalue weighted by Crippen LogP contribution is 2.37. The number of nitrogens with two attached hydrogens (primary N) is 1. The van der Waals surface area contributed by atoms with Crippen molar-refractivity contribution in [3.63, 3.8) is 0 Å². The van der Waals surface area contributed by atoms with Gasteiger partial charge in [-0.3, -0.25) is 0 Å². The molecule has 0 radical (unpaired) electrons. The summed E-state index contributed by atoms with van der Waals surface area (Å²) in [5.41, 5.74) is 4.27. The Morgan fingerprint density at radius 1 is 0.889 bits per heavy atom. The van der Waals surface area contributed by atoms with Gasteiger partial charge in [-0.15, -0.1) is 5.10 Å². The number of anilines is 1. The van der Waals surface area contributed by atoms with Crippen LogP contribution in [0.5, 0.6) is 0 Å². The molecule has 142 valence electrons. The number of nitrogen functional groups attached to an aromatic ring is 1. The zero-order chi connectivity index (χ0) is 20.0. The lowest BCUT2D eigenvalue weighted by molar-refractivity contribution is -0.143. The molecule has 0 spiro atoms. The number of halogens is 6. The first-order chi connectivity index (χ1) is 12.4. The molecule has 1 heterocycles. The Balaban J connectivity index is 2.09. The molecule has 2 aromatic carbocycles. The molecule has 3 rings (SSSR count). The lowest BCUT2D eigenvalue weighted by Crippen LogP contribution is -2.12. The summed E-state index contributed by atoms with van der Waals surface area (Å²) in [6.07, 6.45) is -8.82. The van der Waals surface area contributed by atoms with Gasteiger partial charge in [0.15, 0.2) is 5.82 Å². The zero-order valence-electron chi connectivity index (χ0n) is 13.7. The minimum atomic E-state index is -4.94. The average molecular weight is 386 g/mol. The molecule has 3 aromatic rings. The van der Waals surface area contributed by atoms with E-state index in [1.807, 2.05) is 0 Å². The third-order valence-electron chi connectivity index (χ3n) is 3.86. The van der Waals surface area contributed by atoms with Crippen molar-refractivity contribution in [1.29, 1.82) is 0 Å². The number of aryl methyl sites for hydroxylation is 1. The van der Waals surface area contributed by atoms with Crippen LogP contribution in [0.2, 0.25) is 0 Å². The molecule has 0 atom stereocenters. The maximum Gasteiger partial charge on any atom is 0.416 e. The van der Waals surface area contributed by atoms with Gasteiger partial charge in [0.2, 0.25) is 0 Å². The fourth-order valence-electron chi connectivity index (χ4n) is 2.41. The van der Waals surface area contributed by atoms with Crippen LogP contribution in [0.4, 0.5) is 32.0 Å². The topological polar surface area (TPSA) is 56.7 Å². The van der Waals surface area contributed by atoms with E-state index in [-0.39, 0.29) is 11.9 Å². The van der Waals surface area contributed by atoms with E-state index >= 15 is 0 Å². The number of aromatic nitrogens is 3. The standard InChI is InChI=1S/C17H12F6N4/c1-9-4-10(2-3-14(9)24)15-25-8-27(26-15)13-6-11(16(18,19)20)5-12(7-13)17(21,22)23/h2-8H,24H2,1H3. The molecule has 0 bridgehead atoms. The summed E-state index contributed by atoms with van der Waals surface area (Å²) in [4.78, 5) is 3.97. The maximum atomic E-state index is 13.0. The van der Waals surface area contributed by atoms with Crippen LogP contribution in [0.15, 0.2) is 42.7 Å². The Labute approximate surface area is 149 Å². The molecule has 0 aliphatic carbocycles. The predicted octanol–water partition coefficient (Wildman–Crippen LogP) is 4.86. The van der Waals surface area contributed by atoms with Crippen molar-refractivity contribution in [1.82, 2.24) is 14.8 Å². The van der Waals surface area contributed by atoms with Gasteiger partial charge < -0.3 is 5.73 Å². The molecule has 2 N–H and O–H groups in total. The maximum absolute atomic E-state index is 13.0. The number of hydrogen-bond donors (Lipinski definition) is 1.